The van der Waals surface area contributed by atoms with Gasteiger partial charge in [-0.2, -0.15) is 0 Å². The molecule has 5 atom stereocenters. The Morgan fingerprint density at radius 2 is 1.89 bits per heavy atom. The molecule has 106 valence electrons. The number of nitrogens with zero attached hydrogens (tertiary/aromatic N) is 2. The van der Waals surface area contributed by atoms with Gasteiger partial charge in [0.05, 0.1) is 6.10 Å². The first-order valence-corrected chi connectivity index (χ1v) is 7.57. The first-order chi connectivity index (χ1) is 8.49. The summed E-state index contributed by atoms with van der Waals surface area (Å²) in [5.41, 5.74) is 0. The maximum atomic E-state index is 10.4. The Bertz CT molecular complexity index is 257. The van der Waals surface area contributed by atoms with E-state index in [-0.39, 0.29) is 6.10 Å². The van der Waals surface area contributed by atoms with Gasteiger partial charge in [-0.1, -0.05) is 13.8 Å². The first kappa shape index (κ1) is 14.3. The molecule has 0 aromatic heterocycles. The molecule has 3 heteroatoms. The Labute approximate surface area is 112 Å². The molecule has 0 aromatic carbocycles. The molecule has 1 aliphatic carbocycles. The molecule has 2 aliphatic rings. The number of rotatable bonds is 2. The van der Waals surface area contributed by atoms with Crippen LogP contribution in [0.2, 0.25) is 0 Å². The maximum Gasteiger partial charge on any atom is 0.0700 e. The van der Waals surface area contributed by atoms with Gasteiger partial charge in [0.25, 0.3) is 0 Å². The van der Waals surface area contributed by atoms with E-state index in [0.717, 1.165) is 13.0 Å². The molecule has 0 radical (unpaired) electrons. The van der Waals surface area contributed by atoms with Crippen molar-refractivity contribution >= 4 is 0 Å². The summed E-state index contributed by atoms with van der Waals surface area (Å²) in [6.07, 6.45) is 4.71. The number of hydrogen-bond acceptors (Lipinski definition) is 3. The summed E-state index contributed by atoms with van der Waals surface area (Å²) in [5, 5.41) is 10.4. The molecule has 0 aromatic rings. The van der Waals surface area contributed by atoms with Crippen molar-refractivity contribution in [2.24, 2.45) is 11.8 Å². The van der Waals surface area contributed by atoms with Crippen LogP contribution in [0.15, 0.2) is 0 Å². The number of hydrogen-bond donors (Lipinski definition) is 1. The van der Waals surface area contributed by atoms with E-state index in [4.69, 9.17) is 0 Å². The third kappa shape index (κ3) is 3.06. The Balaban J connectivity index is 2.01. The van der Waals surface area contributed by atoms with Gasteiger partial charge >= 0.3 is 0 Å². The summed E-state index contributed by atoms with van der Waals surface area (Å²) in [7, 11) is 4.36. The summed E-state index contributed by atoms with van der Waals surface area (Å²) in [6, 6.07) is 1.06. The molecule has 1 aliphatic heterocycles. The Morgan fingerprint density at radius 1 is 1.17 bits per heavy atom. The average molecular weight is 254 g/mol. The Kier molecular flexibility index (Phi) is 4.68. The highest BCUT2D eigenvalue weighted by molar-refractivity contribution is 4.92. The second kappa shape index (κ2) is 5.89. The van der Waals surface area contributed by atoms with Crippen LogP contribution in [0.4, 0.5) is 0 Å². The number of piperidine rings is 1. The summed E-state index contributed by atoms with van der Waals surface area (Å²) in [4.78, 5) is 4.91. The fraction of sp³-hybridized carbons (Fsp3) is 1.00. The lowest BCUT2D eigenvalue weighted by molar-refractivity contribution is -0.0419. The summed E-state index contributed by atoms with van der Waals surface area (Å²) >= 11 is 0. The molecule has 5 unspecified atom stereocenters. The number of likely N-dealkylation sites (N-methyl/N-ethyl adjacent to an activating group) is 1. The lowest BCUT2D eigenvalue weighted by Gasteiger charge is -2.47. The van der Waals surface area contributed by atoms with E-state index in [2.05, 4.69) is 37.7 Å². The molecule has 3 nitrogen and oxygen atoms in total. The quantitative estimate of drug-likeness (QED) is 0.814. The van der Waals surface area contributed by atoms with E-state index >= 15 is 0 Å². The summed E-state index contributed by atoms with van der Waals surface area (Å²) in [6.45, 7) is 6.90. The van der Waals surface area contributed by atoms with Gasteiger partial charge < -0.3 is 10.0 Å². The highest BCUT2D eigenvalue weighted by Gasteiger charge is 2.38. The Morgan fingerprint density at radius 3 is 2.50 bits per heavy atom. The molecule has 1 saturated carbocycles. The van der Waals surface area contributed by atoms with Crippen molar-refractivity contribution in [3.8, 4) is 0 Å². The molecular weight excluding hydrogens is 224 g/mol. The predicted molar refractivity (Wildman–Crippen MR) is 75.6 cm³/mol. The molecule has 2 rings (SSSR count). The van der Waals surface area contributed by atoms with Crippen molar-refractivity contribution in [1.29, 1.82) is 0 Å². The third-order valence-corrected chi connectivity index (χ3v) is 4.98. The molecule has 1 saturated heterocycles. The minimum Gasteiger partial charge on any atom is -0.391 e. The summed E-state index contributed by atoms with van der Waals surface area (Å²) < 4.78 is 0. The lowest BCUT2D eigenvalue weighted by Crippen LogP contribution is -2.56. The highest BCUT2D eigenvalue weighted by atomic mass is 16.3. The molecule has 18 heavy (non-hydrogen) atoms. The molecule has 0 amide bonds. The van der Waals surface area contributed by atoms with Crippen molar-refractivity contribution in [1.82, 2.24) is 9.80 Å². The molecule has 1 heterocycles. The zero-order valence-corrected chi connectivity index (χ0v) is 12.5. The van der Waals surface area contributed by atoms with Gasteiger partial charge in [-0.3, -0.25) is 4.90 Å². The monoisotopic (exact) mass is 254 g/mol. The van der Waals surface area contributed by atoms with Crippen LogP contribution in [0, 0.1) is 11.8 Å². The first-order valence-electron chi connectivity index (χ1n) is 7.57. The number of likely N-dealkylation sites (tertiary alicyclic amines) is 1. The minimum absolute atomic E-state index is 0.121. The molecule has 0 bridgehead atoms. The third-order valence-electron chi connectivity index (χ3n) is 4.98. The van der Waals surface area contributed by atoms with Gasteiger partial charge in [0.15, 0.2) is 0 Å². The van der Waals surface area contributed by atoms with Gasteiger partial charge in [-0.05, 0) is 58.2 Å². The second-order valence-electron chi connectivity index (χ2n) is 6.87. The molecular formula is C15H30N2O. The zero-order chi connectivity index (χ0) is 13.3. The smallest absolute Gasteiger partial charge is 0.0700 e. The molecule has 1 N–H and O–H groups in total. The van der Waals surface area contributed by atoms with Crippen LogP contribution < -0.4 is 0 Å². The van der Waals surface area contributed by atoms with Crippen molar-refractivity contribution in [2.75, 3.05) is 27.2 Å². The number of aliphatic hydroxyl groups excluding tert-OH is 1. The number of aliphatic hydroxyl groups is 1. The topological polar surface area (TPSA) is 26.7 Å². The van der Waals surface area contributed by atoms with Crippen LogP contribution in [0.25, 0.3) is 0 Å². The van der Waals surface area contributed by atoms with E-state index in [1.54, 1.807) is 0 Å². The highest BCUT2D eigenvalue weighted by Crippen LogP contribution is 2.33. The van der Waals surface area contributed by atoms with Gasteiger partial charge in [0.2, 0.25) is 0 Å². The van der Waals surface area contributed by atoms with Crippen LogP contribution in [-0.2, 0) is 0 Å². The fourth-order valence-electron chi connectivity index (χ4n) is 4.08. The normalized spacial score (nSPS) is 43.3. The zero-order valence-electron chi connectivity index (χ0n) is 12.5. The van der Waals surface area contributed by atoms with E-state index in [0.29, 0.717) is 23.9 Å². The molecule has 2 fully saturated rings. The fourth-order valence-corrected chi connectivity index (χ4v) is 4.08. The van der Waals surface area contributed by atoms with Crippen molar-refractivity contribution < 1.29 is 5.11 Å². The van der Waals surface area contributed by atoms with Crippen LogP contribution >= 0.6 is 0 Å². The van der Waals surface area contributed by atoms with Gasteiger partial charge in [-0.15, -0.1) is 0 Å². The summed E-state index contributed by atoms with van der Waals surface area (Å²) in [5.74, 6) is 1.31. The average Bonchev–Trinajstić information content (AvgIpc) is 2.28. The predicted octanol–water partition coefficient (Wildman–Crippen LogP) is 1.81. The molecule has 0 spiro atoms. The van der Waals surface area contributed by atoms with Gasteiger partial charge in [-0.25, -0.2) is 0 Å². The van der Waals surface area contributed by atoms with Crippen LogP contribution in [-0.4, -0.2) is 60.3 Å². The van der Waals surface area contributed by atoms with Gasteiger partial charge in [0, 0.05) is 18.6 Å². The largest absolute Gasteiger partial charge is 0.391 e. The lowest BCUT2D eigenvalue weighted by atomic mass is 9.76. The van der Waals surface area contributed by atoms with Crippen LogP contribution in [0.5, 0.6) is 0 Å². The van der Waals surface area contributed by atoms with Crippen LogP contribution in [0.1, 0.15) is 39.5 Å². The van der Waals surface area contributed by atoms with E-state index in [1.165, 1.54) is 25.8 Å². The Hall–Kier alpha value is -0.120. The van der Waals surface area contributed by atoms with E-state index in [1.807, 2.05) is 0 Å². The van der Waals surface area contributed by atoms with Crippen molar-refractivity contribution in [2.45, 2.75) is 57.7 Å². The van der Waals surface area contributed by atoms with Crippen molar-refractivity contribution in [3.63, 3.8) is 0 Å². The van der Waals surface area contributed by atoms with E-state index in [9.17, 15) is 5.11 Å². The second-order valence-corrected chi connectivity index (χ2v) is 6.87. The minimum atomic E-state index is -0.121. The maximum absolute atomic E-state index is 10.4. The van der Waals surface area contributed by atoms with Gasteiger partial charge in [0.1, 0.15) is 0 Å². The SMILES string of the molecule is CC1CC(C)C(N2CCCC(N(C)C)C2)C(O)C1. The van der Waals surface area contributed by atoms with E-state index < -0.39 is 0 Å². The van der Waals surface area contributed by atoms with Crippen LogP contribution in [0.3, 0.4) is 0 Å². The van der Waals surface area contributed by atoms with Crippen molar-refractivity contribution in [3.05, 3.63) is 0 Å². The standard InChI is InChI=1S/C15H30N2O/c1-11-8-12(2)15(14(18)9-11)17-7-5-6-13(10-17)16(3)4/h11-15,18H,5-10H2,1-4H3.